The molecule has 0 spiro atoms. The maximum atomic E-state index is 13.5. The predicted octanol–water partition coefficient (Wildman–Crippen LogP) is 3.51. The van der Waals surface area contributed by atoms with Gasteiger partial charge in [0.05, 0.1) is 5.56 Å². The number of nitrogens with zero attached hydrogens (tertiary/aromatic N) is 2. The summed E-state index contributed by atoms with van der Waals surface area (Å²) in [4.78, 5) is 15.2. The molecule has 0 fully saturated rings. The zero-order chi connectivity index (χ0) is 17.6. The van der Waals surface area contributed by atoms with Crippen LogP contribution in [0.2, 0.25) is 0 Å². The Hall–Kier alpha value is -2.87. The zero-order valence-electron chi connectivity index (χ0n) is 13.0. The van der Waals surface area contributed by atoms with E-state index in [1.807, 2.05) is 6.07 Å². The first-order valence-electron chi connectivity index (χ1n) is 7.35. The molecule has 8 heteroatoms. The lowest BCUT2D eigenvalue weighted by molar-refractivity contribution is 0.0697. The van der Waals surface area contributed by atoms with E-state index in [-0.39, 0.29) is 17.9 Å². The normalized spacial score (nSPS) is 10.6. The average molecular weight is 359 g/mol. The molecule has 0 bridgehead atoms. The summed E-state index contributed by atoms with van der Waals surface area (Å²) in [5, 5.41) is 16.3. The molecule has 1 heterocycles. The van der Waals surface area contributed by atoms with Crippen LogP contribution in [-0.2, 0) is 12.4 Å². The van der Waals surface area contributed by atoms with Crippen LogP contribution in [0.5, 0.6) is 5.75 Å². The fourth-order valence-corrected chi connectivity index (χ4v) is 2.82. The van der Waals surface area contributed by atoms with E-state index in [0.29, 0.717) is 16.7 Å². The third-order valence-corrected chi connectivity index (χ3v) is 4.17. The molecule has 0 saturated heterocycles. The van der Waals surface area contributed by atoms with Gasteiger partial charge in [-0.15, -0.1) is 5.10 Å². The molecular weight excluding hydrogens is 345 g/mol. The summed E-state index contributed by atoms with van der Waals surface area (Å²) >= 11 is 1.36. The third-order valence-electron chi connectivity index (χ3n) is 3.25. The largest absolute Gasteiger partial charge is 0.483 e. The molecule has 128 valence electrons. The number of rotatable bonds is 7. The monoisotopic (exact) mass is 359 g/mol. The lowest BCUT2D eigenvalue weighted by Gasteiger charge is -2.04. The molecular formula is C17H14FN3O3S. The highest BCUT2D eigenvalue weighted by Gasteiger charge is 2.08. The maximum absolute atomic E-state index is 13.5. The molecule has 0 aliphatic heterocycles. The molecule has 0 saturated carbocycles. The third kappa shape index (κ3) is 4.57. The van der Waals surface area contributed by atoms with Crippen LogP contribution < -0.4 is 4.74 Å². The van der Waals surface area contributed by atoms with Crippen LogP contribution in [0.1, 0.15) is 21.7 Å². The van der Waals surface area contributed by atoms with Gasteiger partial charge in [-0.1, -0.05) is 36.0 Å². The van der Waals surface area contributed by atoms with Crippen molar-refractivity contribution in [3.8, 4) is 5.75 Å². The number of nitrogens with one attached hydrogen (secondary N) is 1. The number of H-pyrrole nitrogens is 1. The first-order valence-corrected chi connectivity index (χ1v) is 8.34. The fraction of sp³-hybridized carbons (Fsp3) is 0.118. The summed E-state index contributed by atoms with van der Waals surface area (Å²) in [6, 6.07) is 12.8. The quantitative estimate of drug-likeness (QED) is 0.628. The van der Waals surface area contributed by atoms with Crippen LogP contribution in [0, 0.1) is 5.82 Å². The van der Waals surface area contributed by atoms with Crippen molar-refractivity contribution in [1.29, 1.82) is 0 Å². The Labute approximate surface area is 147 Å². The lowest BCUT2D eigenvalue weighted by atomic mass is 10.1. The topological polar surface area (TPSA) is 88.1 Å². The van der Waals surface area contributed by atoms with Crippen LogP contribution in [-0.4, -0.2) is 26.3 Å². The summed E-state index contributed by atoms with van der Waals surface area (Å²) in [7, 11) is 0. The van der Waals surface area contributed by atoms with Crippen LogP contribution in [0.3, 0.4) is 0 Å². The maximum Gasteiger partial charge on any atom is 0.335 e. The molecule has 25 heavy (non-hydrogen) atoms. The highest BCUT2D eigenvalue weighted by molar-refractivity contribution is 7.98. The second kappa shape index (κ2) is 7.80. The van der Waals surface area contributed by atoms with Crippen molar-refractivity contribution in [3.63, 3.8) is 0 Å². The Morgan fingerprint density at radius 2 is 2.08 bits per heavy atom. The minimum Gasteiger partial charge on any atom is -0.483 e. The fourth-order valence-electron chi connectivity index (χ4n) is 2.06. The molecule has 0 unspecified atom stereocenters. The van der Waals surface area contributed by atoms with Gasteiger partial charge in [0.15, 0.2) is 17.4 Å². The van der Waals surface area contributed by atoms with E-state index in [9.17, 15) is 9.18 Å². The van der Waals surface area contributed by atoms with Crippen molar-refractivity contribution in [2.24, 2.45) is 0 Å². The second-order valence-electron chi connectivity index (χ2n) is 5.08. The molecule has 1 aromatic heterocycles. The summed E-state index contributed by atoms with van der Waals surface area (Å²) in [6.45, 7) is 0.0724. The predicted molar refractivity (Wildman–Crippen MR) is 90.1 cm³/mol. The lowest BCUT2D eigenvalue weighted by Crippen LogP contribution is -1.99. The van der Waals surface area contributed by atoms with E-state index in [0.717, 1.165) is 5.56 Å². The van der Waals surface area contributed by atoms with Gasteiger partial charge in [-0.25, -0.2) is 14.2 Å². The number of carboxylic acid groups (broad SMARTS) is 1. The van der Waals surface area contributed by atoms with Gasteiger partial charge in [-0.3, -0.25) is 5.10 Å². The number of aromatic carboxylic acids is 1. The molecule has 0 radical (unpaired) electrons. The number of carboxylic acids is 1. The Bertz CT molecular complexity index is 885. The van der Waals surface area contributed by atoms with Gasteiger partial charge in [0.1, 0.15) is 6.61 Å². The molecule has 3 aromatic rings. The molecule has 2 aromatic carbocycles. The summed E-state index contributed by atoms with van der Waals surface area (Å²) in [6.07, 6.45) is 0. The number of benzene rings is 2. The molecule has 2 N–H and O–H groups in total. The number of hydrogen-bond acceptors (Lipinski definition) is 5. The first kappa shape index (κ1) is 17.0. The van der Waals surface area contributed by atoms with Gasteiger partial charge in [0.25, 0.3) is 0 Å². The number of para-hydroxylation sites is 1. The van der Waals surface area contributed by atoms with Crippen molar-refractivity contribution in [1.82, 2.24) is 15.2 Å². The van der Waals surface area contributed by atoms with Gasteiger partial charge in [0.2, 0.25) is 5.16 Å². The van der Waals surface area contributed by atoms with Crippen LogP contribution in [0.25, 0.3) is 0 Å². The minimum atomic E-state index is -0.961. The minimum absolute atomic E-state index is 0.0724. The van der Waals surface area contributed by atoms with Gasteiger partial charge >= 0.3 is 5.97 Å². The van der Waals surface area contributed by atoms with E-state index < -0.39 is 11.8 Å². The highest BCUT2D eigenvalue weighted by atomic mass is 32.2. The summed E-state index contributed by atoms with van der Waals surface area (Å²) < 4.78 is 18.8. The van der Waals surface area contributed by atoms with Crippen molar-refractivity contribution in [3.05, 3.63) is 71.3 Å². The number of aromatic amines is 1. The number of halogens is 1. The molecule has 0 amide bonds. The summed E-state index contributed by atoms with van der Waals surface area (Å²) in [5.41, 5.74) is 1.10. The van der Waals surface area contributed by atoms with E-state index in [1.165, 1.54) is 23.9 Å². The van der Waals surface area contributed by atoms with Crippen molar-refractivity contribution < 1.29 is 19.0 Å². The highest BCUT2D eigenvalue weighted by Crippen LogP contribution is 2.21. The van der Waals surface area contributed by atoms with Crippen LogP contribution in [0.15, 0.2) is 53.7 Å². The zero-order valence-corrected chi connectivity index (χ0v) is 13.8. The Kier molecular flexibility index (Phi) is 5.30. The number of carbonyl (C=O) groups is 1. The smallest absolute Gasteiger partial charge is 0.335 e. The van der Waals surface area contributed by atoms with Crippen LogP contribution in [0.4, 0.5) is 4.39 Å². The Morgan fingerprint density at radius 3 is 2.88 bits per heavy atom. The number of hydrogen-bond donors (Lipinski definition) is 2. The van der Waals surface area contributed by atoms with E-state index in [4.69, 9.17) is 9.84 Å². The first-order chi connectivity index (χ1) is 12.1. The van der Waals surface area contributed by atoms with E-state index >= 15 is 0 Å². The van der Waals surface area contributed by atoms with Crippen molar-refractivity contribution in [2.75, 3.05) is 0 Å². The number of ether oxygens (including phenoxy) is 1. The molecule has 6 nitrogen and oxygen atoms in total. The molecule has 0 aliphatic carbocycles. The van der Waals surface area contributed by atoms with E-state index in [2.05, 4.69) is 15.2 Å². The molecule has 3 rings (SSSR count). The van der Waals surface area contributed by atoms with Gasteiger partial charge in [0, 0.05) is 5.75 Å². The standard InChI is InChI=1S/C17H14FN3O3S/c18-13-6-1-2-7-14(13)24-9-15-19-17(21-20-15)25-10-11-4-3-5-12(8-11)16(22)23/h1-8H,9-10H2,(H,22,23)(H,19,20,21). The Balaban J connectivity index is 1.56. The molecule has 0 aliphatic rings. The second-order valence-corrected chi connectivity index (χ2v) is 6.02. The Morgan fingerprint density at radius 1 is 1.24 bits per heavy atom. The van der Waals surface area contributed by atoms with Crippen molar-refractivity contribution in [2.45, 2.75) is 17.5 Å². The van der Waals surface area contributed by atoms with Gasteiger partial charge in [-0.05, 0) is 29.8 Å². The van der Waals surface area contributed by atoms with Crippen LogP contribution >= 0.6 is 11.8 Å². The van der Waals surface area contributed by atoms with E-state index in [1.54, 1.807) is 30.3 Å². The van der Waals surface area contributed by atoms with Crippen molar-refractivity contribution >= 4 is 17.7 Å². The van der Waals surface area contributed by atoms with Gasteiger partial charge in [-0.2, -0.15) is 0 Å². The number of aromatic nitrogens is 3. The molecule has 0 atom stereocenters. The SMILES string of the molecule is O=C(O)c1cccc(CSc2n[nH]c(COc3ccccc3F)n2)c1. The number of thioether (sulfide) groups is 1. The van der Waals surface area contributed by atoms with Gasteiger partial charge < -0.3 is 9.84 Å². The average Bonchev–Trinajstić information content (AvgIpc) is 3.07. The summed E-state index contributed by atoms with van der Waals surface area (Å²) in [5.74, 6) is -0.233.